The van der Waals surface area contributed by atoms with Crippen LogP contribution >= 0.6 is 0 Å². The summed E-state index contributed by atoms with van der Waals surface area (Å²) in [5, 5.41) is 9.24. The van der Waals surface area contributed by atoms with Crippen LogP contribution in [0.1, 0.15) is 11.1 Å². The van der Waals surface area contributed by atoms with E-state index in [1.165, 1.54) is 5.56 Å². The molecule has 0 fully saturated rings. The Bertz CT molecular complexity index is 295. The van der Waals surface area contributed by atoms with Crippen LogP contribution in [0.25, 0.3) is 0 Å². The minimum Gasteiger partial charge on any atom is -0.508 e. The molecule has 3 heteroatoms. The molecule has 0 saturated heterocycles. The summed E-state index contributed by atoms with van der Waals surface area (Å²) in [6.07, 6.45) is 0.888. The van der Waals surface area contributed by atoms with E-state index in [0.29, 0.717) is 24.8 Å². The van der Waals surface area contributed by atoms with Crippen molar-refractivity contribution in [2.24, 2.45) is 17.4 Å². The van der Waals surface area contributed by atoms with Gasteiger partial charge in [0, 0.05) is 0 Å². The van der Waals surface area contributed by atoms with Gasteiger partial charge in [-0.1, -0.05) is 6.07 Å². The van der Waals surface area contributed by atoms with E-state index in [0.717, 1.165) is 12.0 Å². The highest BCUT2D eigenvalue weighted by atomic mass is 16.3. The summed E-state index contributed by atoms with van der Waals surface area (Å²) in [7, 11) is 0. The number of hydrogen-bond acceptors (Lipinski definition) is 3. The number of hydrogen-bond donors (Lipinski definition) is 3. The lowest BCUT2D eigenvalue weighted by atomic mass is 9.96. The molecule has 0 unspecified atom stereocenters. The molecule has 14 heavy (non-hydrogen) atoms. The van der Waals surface area contributed by atoms with Gasteiger partial charge in [0.25, 0.3) is 0 Å². The lowest BCUT2D eigenvalue weighted by molar-refractivity contribution is 0.474. The van der Waals surface area contributed by atoms with Gasteiger partial charge in [0.1, 0.15) is 5.75 Å². The first-order valence-corrected chi connectivity index (χ1v) is 4.86. The van der Waals surface area contributed by atoms with Gasteiger partial charge in [-0.15, -0.1) is 0 Å². The molecule has 1 rings (SSSR count). The Hall–Kier alpha value is -1.06. The van der Waals surface area contributed by atoms with Crippen molar-refractivity contribution in [2.75, 3.05) is 13.1 Å². The molecule has 0 saturated carbocycles. The fraction of sp³-hybridized carbons (Fsp3) is 0.455. The standard InChI is InChI=1S/C11H18N2O/c1-8-4-11(14)3-2-10(8)5-9(6-12)7-13/h2-4,9,14H,5-7,12-13H2,1H3. The van der Waals surface area contributed by atoms with Crippen molar-refractivity contribution >= 4 is 0 Å². The van der Waals surface area contributed by atoms with Crippen LogP contribution in [0.4, 0.5) is 0 Å². The van der Waals surface area contributed by atoms with Crippen molar-refractivity contribution in [1.82, 2.24) is 0 Å². The highest BCUT2D eigenvalue weighted by molar-refractivity contribution is 5.34. The minimum absolute atomic E-state index is 0.309. The topological polar surface area (TPSA) is 72.3 Å². The van der Waals surface area contributed by atoms with Gasteiger partial charge >= 0.3 is 0 Å². The number of aromatic hydroxyl groups is 1. The van der Waals surface area contributed by atoms with Gasteiger partial charge in [-0.05, 0) is 55.6 Å². The predicted octanol–water partition coefficient (Wildman–Crippen LogP) is 0.777. The zero-order valence-electron chi connectivity index (χ0n) is 8.53. The van der Waals surface area contributed by atoms with Crippen molar-refractivity contribution in [3.8, 4) is 5.75 Å². The van der Waals surface area contributed by atoms with E-state index in [9.17, 15) is 5.11 Å². The third-order valence-corrected chi connectivity index (χ3v) is 2.50. The normalized spacial score (nSPS) is 10.9. The zero-order valence-corrected chi connectivity index (χ0v) is 8.53. The lowest BCUT2D eigenvalue weighted by Gasteiger charge is -2.13. The molecule has 5 N–H and O–H groups in total. The highest BCUT2D eigenvalue weighted by Gasteiger charge is 2.07. The molecule has 0 spiro atoms. The molecule has 1 aromatic carbocycles. The van der Waals surface area contributed by atoms with Gasteiger partial charge in [-0.3, -0.25) is 0 Å². The summed E-state index contributed by atoms with van der Waals surface area (Å²) in [6, 6.07) is 5.40. The highest BCUT2D eigenvalue weighted by Crippen LogP contribution is 2.18. The average Bonchev–Trinajstić information content (AvgIpc) is 2.17. The second kappa shape index (κ2) is 4.98. The van der Waals surface area contributed by atoms with Crippen molar-refractivity contribution in [2.45, 2.75) is 13.3 Å². The van der Waals surface area contributed by atoms with Crippen LogP contribution in [0.15, 0.2) is 18.2 Å². The molecule has 0 aromatic heterocycles. The smallest absolute Gasteiger partial charge is 0.115 e. The number of nitrogens with two attached hydrogens (primary N) is 2. The van der Waals surface area contributed by atoms with E-state index in [1.54, 1.807) is 12.1 Å². The minimum atomic E-state index is 0.309. The second-order valence-corrected chi connectivity index (χ2v) is 3.65. The van der Waals surface area contributed by atoms with Gasteiger partial charge in [0.05, 0.1) is 0 Å². The van der Waals surface area contributed by atoms with Crippen LogP contribution in [-0.2, 0) is 6.42 Å². The Morgan fingerprint density at radius 1 is 1.29 bits per heavy atom. The van der Waals surface area contributed by atoms with Crippen LogP contribution in [0.3, 0.4) is 0 Å². The van der Waals surface area contributed by atoms with E-state index in [-0.39, 0.29) is 0 Å². The Balaban J connectivity index is 2.76. The van der Waals surface area contributed by atoms with Crippen LogP contribution in [0.5, 0.6) is 5.75 Å². The van der Waals surface area contributed by atoms with Crippen molar-refractivity contribution in [3.05, 3.63) is 29.3 Å². The summed E-state index contributed by atoms with van der Waals surface area (Å²) in [5.41, 5.74) is 13.5. The van der Waals surface area contributed by atoms with E-state index in [4.69, 9.17) is 11.5 Å². The second-order valence-electron chi connectivity index (χ2n) is 3.65. The number of rotatable bonds is 4. The molecule has 0 heterocycles. The number of phenols is 1. The Labute approximate surface area is 84.7 Å². The molecule has 3 nitrogen and oxygen atoms in total. The molecular weight excluding hydrogens is 176 g/mol. The van der Waals surface area contributed by atoms with Gasteiger partial charge in [-0.25, -0.2) is 0 Å². The molecule has 1 aromatic rings. The summed E-state index contributed by atoms with van der Waals surface area (Å²) < 4.78 is 0. The van der Waals surface area contributed by atoms with Crippen LogP contribution in [0, 0.1) is 12.8 Å². The summed E-state index contributed by atoms with van der Waals surface area (Å²) in [4.78, 5) is 0. The first-order valence-electron chi connectivity index (χ1n) is 4.86. The van der Waals surface area contributed by atoms with Crippen molar-refractivity contribution < 1.29 is 5.11 Å². The van der Waals surface area contributed by atoms with Crippen LogP contribution < -0.4 is 11.5 Å². The van der Waals surface area contributed by atoms with E-state index in [2.05, 4.69) is 0 Å². The Morgan fingerprint density at radius 2 is 1.93 bits per heavy atom. The van der Waals surface area contributed by atoms with E-state index in [1.807, 2.05) is 13.0 Å². The molecule has 0 amide bonds. The maximum Gasteiger partial charge on any atom is 0.115 e. The summed E-state index contributed by atoms with van der Waals surface area (Å²) in [6.45, 7) is 3.20. The van der Waals surface area contributed by atoms with E-state index >= 15 is 0 Å². The van der Waals surface area contributed by atoms with Gasteiger partial charge in [0.2, 0.25) is 0 Å². The molecule has 0 radical (unpaired) electrons. The monoisotopic (exact) mass is 194 g/mol. The third-order valence-electron chi connectivity index (χ3n) is 2.50. The number of aryl methyl sites for hydroxylation is 1. The molecule has 0 aliphatic carbocycles. The lowest BCUT2D eigenvalue weighted by Crippen LogP contribution is -2.25. The largest absolute Gasteiger partial charge is 0.508 e. The van der Waals surface area contributed by atoms with E-state index < -0.39 is 0 Å². The molecule has 0 bridgehead atoms. The zero-order chi connectivity index (χ0) is 10.6. The maximum absolute atomic E-state index is 9.24. The van der Waals surface area contributed by atoms with Crippen molar-refractivity contribution in [3.63, 3.8) is 0 Å². The molecule has 78 valence electrons. The van der Waals surface area contributed by atoms with Gasteiger partial charge in [-0.2, -0.15) is 0 Å². The SMILES string of the molecule is Cc1cc(O)ccc1CC(CN)CN. The summed E-state index contributed by atoms with van der Waals surface area (Å²) >= 11 is 0. The van der Waals surface area contributed by atoms with Crippen LogP contribution in [0.2, 0.25) is 0 Å². The molecule has 0 atom stereocenters. The predicted molar refractivity (Wildman–Crippen MR) is 58.1 cm³/mol. The Morgan fingerprint density at radius 3 is 2.43 bits per heavy atom. The number of phenolic OH excluding ortho intramolecular Hbond substituents is 1. The quantitative estimate of drug-likeness (QED) is 0.663. The molecular formula is C11H18N2O. The Kier molecular flexibility index (Phi) is 3.92. The fourth-order valence-electron chi connectivity index (χ4n) is 1.48. The fourth-order valence-corrected chi connectivity index (χ4v) is 1.48. The van der Waals surface area contributed by atoms with Crippen molar-refractivity contribution in [1.29, 1.82) is 0 Å². The number of benzene rings is 1. The van der Waals surface area contributed by atoms with Gasteiger partial charge in [0.15, 0.2) is 0 Å². The maximum atomic E-state index is 9.24. The van der Waals surface area contributed by atoms with Crippen LogP contribution in [-0.4, -0.2) is 18.2 Å². The summed E-state index contributed by atoms with van der Waals surface area (Å²) in [5.74, 6) is 0.640. The van der Waals surface area contributed by atoms with Gasteiger partial charge < -0.3 is 16.6 Å². The average molecular weight is 194 g/mol. The third kappa shape index (κ3) is 2.72. The first kappa shape index (κ1) is 11.0. The first-order chi connectivity index (χ1) is 6.67. The molecule has 0 aliphatic heterocycles. The molecule has 0 aliphatic rings.